The summed E-state index contributed by atoms with van der Waals surface area (Å²) >= 11 is 0. The lowest BCUT2D eigenvalue weighted by atomic mass is 10.1. The molecular weight excluding hydrogens is 382 g/mol. The summed E-state index contributed by atoms with van der Waals surface area (Å²) < 4.78 is 2.07. The molecule has 0 fully saturated rings. The van der Waals surface area contributed by atoms with Crippen molar-refractivity contribution in [2.45, 2.75) is 13.3 Å². The highest BCUT2D eigenvalue weighted by Crippen LogP contribution is 2.27. The van der Waals surface area contributed by atoms with Crippen LogP contribution in [-0.2, 0) is 6.42 Å². The van der Waals surface area contributed by atoms with Crippen molar-refractivity contribution in [3.8, 4) is 23.6 Å². The molecular formula is C26H17N5. The molecule has 0 aliphatic rings. The third-order valence-corrected chi connectivity index (χ3v) is 5.26. The van der Waals surface area contributed by atoms with Gasteiger partial charge in [0.2, 0.25) is 0 Å². The van der Waals surface area contributed by atoms with Gasteiger partial charge in [-0.2, -0.15) is 5.26 Å². The molecule has 31 heavy (non-hydrogen) atoms. The first-order valence-electron chi connectivity index (χ1n) is 9.87. The van der Waals surface area contributed by atoms with E-state index in [-0.39, 0.29) is 0 Å². The van der Waals surface area contributed by atoms with E-state index in [9.17, 15) is 0 Å². The lowest BCUT2D eigenvalue weighted by Gasteiger charge is -2.10. The number of fused-ring (bicyclic) bond motifs is 3. The zero-order chi connectivity index (χ0) is 21.2. The molecule has 0 spiro atoms. The minimum absolute atomic E-state index is 0.405. The minimum atomic E-state index is 0.405. The van der Waals surface area contributed by atoms with Gasteiger partial charge in [-0.3, -0.25) is 14.5 Å². The number of nitriles is 1. The van der Waals surface area contributed by atoms with Crippen LogP contribution in [0.5, 0.6) is 0 Å². The second-order valence-corrected chi connectivity index (χ2v) is 7.28. The molecule has 5 heteroatoms. The molecule has 0 bridgehead atoms. The van der Waals surface area contributed by atoms with Gasteiger partial charge in [0.25, 0.3) is 0 Å². The number of aromatic nitrogens is 4. The summed E-state index contributed by atoms with van der Waals surface area (Å²) in [6, 6.07) is 18.2. The summed E-state index contributed by atoms with van der Waals surface area (Å²) in [4.78, 5) is 13.2. The molecule has 0 aliphatic heterocycles. The highest BCUT2D eigenvalue weighted by Gasteiger charge is 2.11. The lowest BCUT2D eigenvalue weighted by molar-refractivity contribution is 1.08. The van der Waals surface area contributed by atoms with Crippen LogP contribution in [0.3, 0.4) is 0 Å². The Labute approximate surface area is 179 Å². The molecule has 3 heterocycles. The Kier molecular flexibility index (Phi) is 4.63. The predicted octanol–water partition coefficient (Wildman–Crippen LogP) is 4.74. The largest absolute Gasteiger partial charge is 0.298 e. The van der Waals surface area contributed by atoms with Crippen molar-refractivity contribution in [3.05, 3.63) is 95.7 Å². The maximum absolute atomic E-state index is 9.01. The molecule has 5 rings (SSSR count). The Hall–Kier alpha value is -4.48. The lowest BCUT2D eigenvalue weighted by Crippen LogP contribution is -1.96. The van der Waals surface area contributed by atoms with E-state index >= 15 is 0 Å². The Morgan fingerprint density at radius 1 is 0.935 bits per heavy atom. The fraction of sp³-hybridized carbons (Fsp3) is 0.0769. The van der Waals surface area contributed by atoms with Crippen LogP contribution >= 0.6 is 0 Å². The summed E-state index contributed by atoms with van der Waals surface area (Å²) in [5.74, 6) is 6.38. The SMILES string of the molecule is Cc1cc(-n2cnc3cnc4ccc(C#Cc5cccnc5)cc4c32)ccc1CC#N. The van der Waals surface area contributed by atoms with Gasteiger partial charge in [0.1, 0.15) is 11.8 Å². The van der Waals surface area contributed by atoms with Gasteiger partial charge in [0.15, 0.2) is 0 Å². The average Bonchev–Trinajstić information content (AvgIpc) is 3.24. The van der Waals surface area contributed by atoms with Crippen molar-refractivity contribution in [2.75, 3.05) is 0 Å². The van der Waals surface area contributed by atoms with Crippen LogP contribution in [0.25, 0.3) is 27.6 Å². The first-order valence-corrected chi connectivity index (χ1v) is 9.87. The van der Waals surface area contributed by atoms with Crippen molar-refractivity contribution in [1.29, 1.82) is 5.26 Å². The molecule has 0 atom stereocenters. The summed E-state index contributed by atoms with van der Waals surface area (Å²) in [5.41, 5.74) is 7.60. The molecule has 0 radical (unpaired) electrons. The van der Waals surface area contributed by atoms with Crippen LogP contribution in [-0.4, -0.2) is 19.5 Å². The molecule has 0 amide bonds. The second kappa shape index (κ2) is 7.74. The summed E-state index contributed by atoms with van der Waals surface area (Å²) in [5, 5.41) is 10.0. The van der Waals surface area contributed by atoms with Crippen molar-refractivity contribution < 1.29 is 0 Å². The Bertz CT molecular complexity index is 1530. The van der Waals surface area contributed by atoms with Crippen molar-refractivity contribution in [3.63, 3.8) is 0 Å². The van der Waals surface area contributed by atoms with Crippen LogP contribution in [0, 0.1) is 30.1 Å². The maximum atomic E-state index is 9.01. The van der Waals surface area contributed by atoms with E-state index < -0.39 is 0 Å². The van der Waals surface area contributed by atoms with E-state index in [1.165, 1.54) is 0 Å². The highest BCUT2D eigenvalue weighted by atomic mass is 15.1. The quantitative estimate of drug-likeness (QED) is 0.402. The summed E-state index contributed by atoms with van der Waals surface area (Å²) in [7, 11) is 0. The van der Waals surface area contributed by atoms with E-state index in [0.717, 1.165) is 49.9 Å². The first kappa shape index (κ1) is 18.5. The van der Waals surface area contributed by atoms with Crippen molar-refractivity contribution in [1.82, 2.24) is 19.5 Å². The first-order chi connectivity index (χ1) is 15.2. The van der Waals surface area contributed by atoms with Crippen molar-refractivity contribution >= 4 is 21.9 Å². The van der Waals surface area contributed by atoms with E-state index in [1.54, 1.807) is 18.6 Å². The number of aryl methyl sites for hydroxylation is 1. The molecule has 0 N–H and O–H groups in total. The van der Waals surface area contributed by atoms with Gasteiger partial charge < -0.3 is 0 Å². The fourth-order valence-electron chi connectivity index (χ4n) is 3.66. The van der Waals surface area contributed by atoms with E-state index in [2.05, 4.69) is 49.6 Å². The zero-order valence-corrected chi connectivity index (χ0v) is 16.9. The van der Waals surface area contributed by atoms with Crippen LogP contribution in [0.4, 0.5) is 0 Å². The van der Waals surface area contributed by atoms with Gasteiger partial charge in [-0.1, -0.05) is 17.9 Å². The normalized spacial score (nSPS) is 10.6. The number of pyridine rings is 2. The molecule has 3 aromatic heterocycles. The molecule has 0 saturated carbocycles. The fourth-order valence-corrected chi connectivity index (χ4v) is 3.66. The topological polar surface area (TPSA) is 67.4 Å². The minimum Gasteiger partial charge on any atom is -0.298 e. The number of benzene rings is 2. The molecule has 0 aliphatic carbocycles. The van der Waals surface area contributed by atoms with Crippen molar-refractivity contribution in [2.24, 2.45) is 0 Å². The monoisotopic (exact) mass is 399 g/mol. The third-order valence-electron chi connectivity index (χ3n) is 5.26. The molecule has 5 aromatic rings. The number of rotatable bonds is 2. The van der Waals surface area contributed by atoms with Gasteiger partial charge in [-0.15, -0.1) is 0 Å². The highest BCUT2D eigenvalue weighted by molar-refractivity contribution is 6.03. The Morgan fingerprint density at radius 3 is 2.65 bits per heavy atom. The van der Waals surface area contributed by atoms with Gasteiger partial charge in [-0.05, 0) is 60.5 Å². The summed E-state index contributed by atoms with van der Waals surface area (Å²) in [6.07, 6.45) is 7.51. The zero-order valence-electron chi connectivity index (χ0n) is 16.9. The summed E-state index contributed by atoms with van der Waals surface area (Å²) in [6.45, 7) is 2.03. The number of nitrogens with zero attached hydrogens (tertiary/aromatic N) is 5. The smallest absolute Gasteiger partial charge is 0.108 e. The van der Waals surface area contributed by atoms with Gasteiger partial charge in [0, 0.05) is 34.6 Å². The molecule has 0 saturated heterocycles. The molecule has 146 valence electrons. The van der Waals surface area contributed by atoms with Crippen LogP contribution in [0.2, 0.25) is 0 Å². The van der Waals surface area contributed by atoms with Gasteiger partial charge >= 0.3 is 0 Å². The molecule has 2 aromatic carbocycles. The van der Waals surface area contributed by atoms with Gasteiger partial charge in [0.05, 0.1) is 29.7 Å². The van der Waals surface area contributed by atoms with Gasteiger partial charge in [-0.25, -0.2) is 4.98 Å². The van der Waals surface area contributed by atoms with E-state index in [4.69, 9.17) is 5.26 Å². The average molecular weight is 399 g/mol. The molecule has 5 nitrogen and oxygen atoms in total. The van der Waals surface area contributed by atoms with E-state index in [0.29, 0.717) is 6.42 Å². The van der Waals surface area contributed by atoms with Crippen LogP contribution < -0.4 is 0 Å². The maximum Gasteiger partial charge on any atom is 0.108 e. The second-order valence-electron chi connectivity index (χ2n) is 7.28. The predicted molar refractivity (Wildman–Crippen MR) is 121 cm³/mol. The van der Waals surface area contributed by atoms with Crippen LogP contribution in [0.1, 0.15) is 22.3 Å². The third kappa shape index (κ3) is 3.50. The molecule has 0 unspecified atom stereocenters. The Morgan fingerprint density at radius 2 is 1.84 bits per heavy atom. The number of hydrogen-bond acceptors (Lipinski definition) is 4. The van der Waals surface area contributed by atoms with Crippen LogP contribution in [0.15, 0.2) is 73.4 Å². The Balaban J connectivity index is 1.66. The number of hydrogen-bond donors (Lipinski definition) is 0. The van der Waals surface area contributed by atoms with E-state index in [1.807, 2.05) is 49.6 Å². The number of imidazole rings is 1. The standard InChI is InChI=1S/C26H17N5/c1-18-13-22(8-7-21(18)10-11-27)31-17-30-25-16-29-24-9-6-19(14-23(24)26(25)31)4-5-20-3-2-12-28-15-20/h2-3,6-9,12-17H,10H2,1H3.